The maximum Gasteiger partial charge on any atom is 0.248 e. The minimum absolute atomic E-state index is 0.0213. The molecule has 1 aliphatic carbocycles. The van der Waals surface area contributed by atoms with Gasteiger partial charge in [-0.1, -0.05) is 0 Å². The fourth-order valence-electron chi connectivity index (χ4n) is 2.29. The van der Waals surface area contributed by atoms with Gasteiger partial charge in [0, 0.05) is 12.8 Å². The van der Waals surface area contributed by atoms with Crippen LogP contribution in [0, 0.1) is 12.8 Å². The Morgan fingerprint density at radius 3 is 2.67 bits per heavy atom. The summed E-state index contributed by atoms with van der Waals surface area (Å²) in [6.07, 6.45) is 1.24. The molecule has 1 aromatic heterocycles. The average Bonchev–Trinajstić information content (AvgIpc) is 2.74. The van der Waals surface area contributed by atoms with Crippen LogP contribution >= 0.6 is 0 Å². The molecular formula is C12H20F2N4. The van der Waals surface area contributed by atoms with Gasteiger partial charge in [0.1, 0.15) is 5.82 Å². The summed E-state index contributed by atoms with van der Waals surface area (Å²) in [5, 5.41) is 10.2. The second-order valence-electron chi connectivity index (χ2n) is 5.21. The van der Waals surface area contributed by atoms with Gasteiger partial charge < -0.3 is 5.32 Å². The molecule has 0 aliphatic heterocycles. The van der Waals surface area contributed by atoms with Crippen LogP contribution in [0.15, 0.2) is 0 Å². The summed E-state index contributed by atoms with van der Waals surface area (Å²) in [6.45, 7) is 4.59. The molecule has 4 nitrogen and oxygen atoms in total. The molecular weight excluding hydrogens is 238 g/mol. The molecule has 1 fully saturated rings. The third-order valence-electron chi connectivity index (χ3n) is 3.55. The van der Waals surface area contributed by atoms with E-state index in [0.717, 1.165) is 18.2 Å². The number of nitrogens with one attached hydrogen (secondary N) is 2. The van der Waals surface area contributed by atoms with Crippen molar-refractivity contribution >= 4 is 0 Å². The summed E-state index contributed by atoms with van der Waals surface area (Å²) < 4.78 is 26.0. The number of aromatic amines is 1. The van der Waals surface area contributed by atoms with E-state index >= 15 is 0 Å². The SMILES string of the molecule is Cc1nc(C(C)NCC2CCC(F)(F)CC2)n[nH]1. The van der Waals surface area contributed by atoms with Gasteiger partial charge in [0.25, 0.3) is 0 Å². The zero-order valence-corrected chi connectivity index (χ0v) is 10.8. The van der Waals surface area contributed by atoms with Crippen LogP contribution in [-0.4, -0.2) is 27.6 Å². The van der Waals surface area contributed by atoms with Gasteiger partial charge in [0.05, 0.1) is 6.04 Å². The van der Waals surface area contributed by atoms with Crippen molar-refractivity contribution in [3.05, 3.63) is 11.6 Å². The highest BCUT2D eigenvalue weighted by Crippen LogP contribution is 2.35. The normalized spacial score (nSPS) is 22.0. The molecule has 0 spiro atoms. The van der Waals surface area contributed by atoms with Gasteiger partial charge in [-0.05, 0) is 39.2 Å². The molecule has 1 atom stereocenters. The number of hydrogen-bond donors (Lipinski definition) is 2. The van der Waals surface area contributed by atoms with E-state index < -0.39 is 5.92 Å². The Kier molecular flexibility index (Phi) is 3.94. The van der Waals surface area contributed by atoms with Gasteiger partial charge >= 0.3 is 0 Å². The molecule has 6 heteroatoms. The summed E-state index contributed by atoms with van der Waals surface area (Å²) in [7, 11) is 0. The minimum atomic E-state index is -2.44. The summed E-state index contributed by atoms with van der Waals surface area (Å²) in [5.74, 6) is -0.583. The first kappa shape index (κ1) is 13.4. The van der Waals surface area contributed by atoms with Crippen LogP contribution in [-0.2, 0) is 0 Å². The van der Waals surface area contributed by atoms with Gasteiger partial charge in [-0.2, -0.15) is 5.10 Å². The average molecular weight is 258 g/mol. The first-order valence-corrected chi connectivity index (χ1v) is 6.46. The summed E-state index contributed by atoms with van der Waals surface area (Å²) in [5.41, 5.74) is 0. The van der Waals surface area contributed by atoms with Crippen LogP contribution in [0.3, 0.4) is 0 Å². The highest BCUT2D eigenvalue weighted by molar-refractivity contribution is 4.94. The molecule has 18 heavy (non-hydrogen) atoms. The van der Waals surface area contributed by atoms with Crippen molar-refractivity contribution in [1.29, 1.82) is 0 Å². The number of rotatable bonds is 4. The molecule has 0 saturated heterocycles. The molecule has 0 aromatic carbocycles. The van der Waals surface area contributed by atoms with Crippen LogP contribution < -0.4 is 5.32 Å². The fraction of sp³-hybridized carbons (Fsp3) is 0.833. The van der Waals surface area contributed by atoms with Crippen LogP contribution in [0.4, 0.5) is 8.78 Å². The quantitative estimate of drug-likeness (QED) is 0.872. The maximum absolute atomic E-state index is 13.0. The Morgan fingerprint density at radius 1 is 1.44 bits per heavy atom. The Hall–Kier alpha value is -1.04. The predicted molar refractivity (Wildman–Crippen MR) is 64.4 cm³/mol. The van der Waals surface area contributed by atoms with E-state index in [1.54, 1.807) is 0 Å². The summed E-state index contributed by atoms with van der Waals surface area (Å²) >= 11 is 0. The molecule has 1 saturated carbocycles. The molecule has 102 valence electrons. The lowest BCUT2D eigenvalue weighted by atomic mass is 9.86. The van der Waals surface area contributed by atoms with Crippen molar-refractivity contribution in [2.45, 2.75) is 51.5 Å². The molecule has 1 unspecified atom stereocenters. The lowest BCUT2D eigenvalue weighted by molar-refractivity contribution is -0.0456. The van der Waals surface area contributed by atoms with E-state index in [-0.39, 0.29) is 18.9 Å². The molecule has 0 radical (unpaired) electrons. The van der Waals surface area contributed by atoms with Crippen molar-refractivity contribution in [2.24, 2.45) is 5.92 Å². The van der Waals surface area contributed by atoms with Crippen LogP contribution in [0.5, 0.6) is 0 Å². The van der Waals surface area contributed by atoms with E-state index in [1.807, 2.05) is 13.8 Å². The van der Waals surface area contributed by atoms with E-state index in [2.05, 4.69) is 20.5 Å². The molecule has 2 N–H and O–H groups in total. The van der Waals surface area contributed by atoms with Gasteiger partial charge in [0.15, 0.2) is 5.82 Å². The van der Waals surface area contributed by atoms with Crippen molar-refractivity contribution in [3.63, 3.8) is 0 Å². The van der Waals surface area contributed by atoms with Gasteiger partial charge in [-0.15, -0.1) is 0 Å². The minimum Gasteiger partial charge on any atom is -0.307 e. The van der Waals surface area contributed by atoms with E-state index in [4.69, 9.17) is 0 Å². The maximum atomic E-state index is 13.0. The fourth-order valence-corrected chi connectivity index (χ4v) is 2.29. The number of H-pyrrole nitrogens is 1. The number of halogens is 2. The molecule has 1 aromatic rings. The lowest BCUT2D eigenvalue weighted by Gasteiger charge is -2.28. The van der Waals surface area contributed by atoms with Crippen molar-refractivity contribution in [1.82, 2.24) is 20.5 Å². The second kappa shape index (κ2) is 5.30. The summed E-state index contributed by atoms with van der Waals surface area (Å²) in [6, 6.07) is 0.0531. The number of nitrogens with zero attached hydrogens (tertiary/aromatic N) is 2. The zero-order chi connectivity index (χ0) is 13.2. The molecule has 2 rings (SSSR count). The molecule has 1 aliphatic rings. The van der Waals surface area contributed by atoms with E-state index in [9.17, 15) is 8.78 Å². The molecule has 0 amide bonds. The Labute approximate surface area is 106 Å². The third kappa shape index (κ3) is 3.48. The van der Waals surface area contributed by atoms with Crippen LogP contribution in [0.25, 0.3) is 0 Å². The number of aryl methyl sites for hydroxylation is 1. The van der Waals surface area contributed by atoms with Gasteiger partial charge in [0.2, 0.25) is 5.92 Å². The van der Waals surface area contributed by atoms with Gasteiger partial charge in [-0.3, -0.25) is 5.10 Å². The standard InChI is InChI=1S/C12H20F2N4/c1-8(11-16-9(2)17-18-11)15-7-10-3-5-12(13,14)6-4-10/h8,10,15H,3-7H2,1-2H3,(H,16,17,18). The topological polar surface area (TPSA) is 53.6 Å². The van der Waals surface area contributed by atoms with E-state index in [1.165, 1.54) is 0 Å². The van der Waals surface area contributed by atoms with Crippen molar-refractivity contribution in [3.8, 4) is 0 Å². The largest absolute Gasteiger partial charge is 0.307 e. The van der Waals surface area contributed by atoms with E-state index in [0.29, 0.717) is 18.8 Å². The molecule has 0 bridgehead atoms. The third-order valence-corrected chi connectivity index (χ3v) is 3.55. The predicted octanol–water partition coefficient (Wildman–Crippen LogP) is 2.59. The lowest BCUT2D eigenvalue weighted by Crippen LogP contribution is -2.32. The number of alkyl halides is 2. The smallest absolute Gasteiger partial charge is 0.248 e. The van der Waals surface area contributed by atoms with Crippen molar-refractivity contribution in [2.75, 3.05) is 6.54 Å². The summed E-state index contributed by atoms with van der Waals surface area (Å²) in [4.78, 5) is 4.25. The van der Waals surface area contributed by atoms with Crippen molar-refractivity contribution < 1.29 is 8.78 Å². The zero-order valence-electron chi connectivity index (χ0n) is 10.8. The first-order valence-electron chi connectivity index (χ1n) is 6.46. The number of hydrogen-bond acceptors (Lipinski definition) is 3. The first-order chi connectivity index (χ1) is 8.46. The van der Waals surface area contributed by atoms with Crippen LogP contribution in [0.1, 0.15) is 50.3 Å². The Balaban J connectivity index is 1.75. The Bertz CT molecular complexity index is 381. The monoisotopic (exact) mass is 258 g/mol. The second-order valence-corrected chi connectivity index (χ2v) is 5.21. The highest BCUT2D eigenvalue weighted by atomic mass is 19.3. The van der Waals surface area contributed by atoms with Gasteiger partial charge in [-0.25, -0.2) is 13.8 Å². The highest BCUT2D eigenvalue weighted by Gasteiger charge is 2.34. The van der Waals surface area contributed by atoms with Crippen LogP contribution in [0.2, 0.25) is 0 Å². The number of aromatic nitrogens is 3. The molecule has 1 heterocycles. The Morgan fingerprint density at radius 2 is 2.11 bits per heavy atom.